The van der Waals surface area contributed by atoms with Crippen molar-refractivity contribution in [1.82, 2.24) is 9.29 Å². The first-order valence-electron chi connectivity index (χ1n) is 10.0. The number of carbonyl (C=O) groups excluding carboxylic acids is 2. The van der Waals surface area contributed by atoms with Gasteiger partial charge in [0.15, 0.2) is 5.78 Å². The number of aromatic nitrogens is 1. The summed E-state index contributed by atoms with van der Waals surface area (Å²) in [6.07, 6.45) is 0. The smallest absolute Gasteiger partial charge is 0.355 e. The molecule has 2 rings (SSSR count). The van der Waals surface area contributed by atoms with Crippen molar-refractivity contribution in [1.29, 1.82) is 0 Å². The lowest BCUT2D eigenvalue weighted by Gasteiger charge is -2.27. The molecule has 1 heterocycles. The van der Waals surface area contributed by atoms with E-state index in [0.29, 0.717) is 11.3 Å². The Morgan fingerprint density at radius 3 is 2.29 bits per heavy atom. The number of hydrogen-bond acceptors (Lipinski definition) is 6. The van der Waals surface area contributed by atoms with Gasteiger partial charge in [-0.3, -0.25) is 4.79 Å². The number of esters is 1. The average Bonchev–Trinajstić information content (AvgIpc) is 3.02. The maximum atomic E-state index is 13.4. The standard InChI is InChI=1S/C22H30N2O6S/c1-7-30-22(26)20-15(3)19(16(4)23-20)21(25)17(5)24(12-13-29-6)31(27,28)18-10-8-14(2)9-11-18/h8-11,17,23H,7,12-13H2,1-6H3/t17-/m1/s1. The molecule has 0 saturated heterocycles. The van der Waals surface area contributed by atoms with E-state index in [9.17, 15) is 18.0 Å². The highest BCUT2D eigenvalue weighted by atomic mass is 32.2. The zero-order valence-corrected chi connectivity index (χ0v) is 19.6. The molecule has 170 valence electrons. The first kappa shape index (κ1) is 24.8. The zero-order chi connectivity index (χ0) is 23.3. The maximum Gasteiger partial charge on any atom is 0.355 e. The predicted molar refractivity (Wildman–Crippen MR) is 117 cm³/mol. The summed E-state index contributed by atoms with van der Waals surface area (Å²) in [6, 6.07) is 5.45. The molecule has 1 atom stereocenters. The molecule has 0 amide bonds. The lowest BCUT2D eigenvalue weighted by atomic mass is 10.0. The number of ether oxygens (including phenoxy) is 2. The number of nitrogens with one attached hydrogen (secondary N) is 1. The van der Waals surface area contributed by atoms with Gasteiger partial charge in [-0.1, -0.05) is 17.7 Å². The summed E-state index contributed by atoms with van der Waals surface area (Å²) >= 11 is 0. The summed E-state index contributed by atoms with van der Waals surface area (Å²) in [7, 11) is -2.49. The molecule has 0 saturated carbocycles. The van der Waals surface area contributed by atoms with Crippen LogP contribution in [0.4, 0.5) is 0 Å². The number of aryl methyl sites for hydroxylation is 2. The molecule has 0 radical (unpaired) electrons. The highest BCUT2D eigenvalue weighted by Gasteiger charge is 2.35. The summed E-state index contributed by atoms with van der Waals surface area (Å²) in [5.41, 5.74) is 2.33. The van der Waals surface area contributed by atoms with Crippen molar-refractivity contribution in [3.63, 3.8) is 0 Å². The Kier molecular flexibility index (Phi) is 8.16. The normalized spacial score (nSPS) is 12.7. The molecule has 2 aromatic rings. The number of carbonyl (C=O) groups is 2. The molecule has 0 spiro atoms. The van der Waals surface area contributed by atoms with Crippen LogP contribution in [0, 0.1) is 20.8 Å². The lowest BCUT2D eigenvalue weighted by Crippen LogP contribution is -2.45. The van der Waals surface area contributed by atoms with E-state index in [4.69, 9.17) is 9.47 Å². The van der Waals surface area contributed by atoms with E-state index in [1.807, 2.05) is 6.92 Å². The van der Waals surface area contributed by atoms with E-state index in [0.717, 1.165) is 9.87 Å². The summed E-state index contributed by atoms with van der Waals surface area (Å²) in [6.45, 7) is 8.75. The zero-order valence-electron chi connectivity index (χ0n) is 18.8. The van der Waals surface area contributed by atoms with Crippen LogP contribution in [-0.2, 0) is 19.5 Å². The van der Waals surface area contributed by atoms with E-state index >= 15 is 0 Å². The number of nitrogens with zero attached hydrogens (tertiary/aromatic N) is 1. The van der Waals surface area contributed by atoms with E-state index in [2.05, 4.69) is 4.98 Å². The van der Waals surface area contributed by atoms with Crippen LogP contribution >= 0.6 is 0 Å². The predicted octanol–water partition coefficient (Wildman–Crippen LogP) is 3.03. The maximum absolute atomic E-state index is 13.4. The van der Waals surface area contributed by atoms with Crippen LogP contribution in [0.1, 0.15) is 51.5 Å². The van der Waals surface area contributed by atoms with Crippen molar-refractivity contribution in [2.45, 2.75) is 45.6 Å². The van der Waals surface area contributed by atoms with Gasteiger partial charge in [-0.25, -0.2) is 13.2 Å². The van der Waals surface area contributed by atoms with Crippen LogP contribution in [0.5, 0.6) is 0 Å². The van der Waals surface area contributed by atoms with Crippen LogP contribution < -0.4 is 0 Å². The highest BCUT2D eigenvalue weighted by Crippen LogP contribution is 2.25. The van der Waals surface area contributed by atoms with Crippen molar-refractivity contribution in [2.24, 2.45) is 0 Å². The second-order valence-corrected chi connectivity index (χ2v) is 9.20. The number of rotatable bonds is 10. The average molecular weight is 451 g/mol. The third-order valence-corrected chi connectivity index (χ3v) is 7.10. The number of H-pyrrole nitrogens is 1. The van der Waals surface area contributed by atoms with Gasteiger partial charge in [0.05, 0.1) is 24.2 Å². The van der Waals surface area contributed by atoms with Crippen LogP contribution in [0.2, 0.25) is 0 Å². The summed E-state index contributed by atoms with van der Waals surface area (Å²) < 4.78 is 37.9. The minimum absolute atomic E-state index is 0.00681. The van der Waals surface area contributed by atoms with Crippen LogP contribution in [0.15, 0.2) is 29.2 Å². The second kappa shape index (κ2) is 10.2. The van der Waals surface area contributed by atoms with Gasteiger partial charge in [0.2, 0.25) is 10.0 Å². The Hall–Kier alpha value is -2.49. The number of ketones is 1. The summed E-state index contributed by atoms with van der Waals surface area (Å²) in [5.74, 6) is -0.966. The first-order valence-corrected chi connectivity index (χ1v) is 11.5. The topological polar surface area (TPSA) is 106 Å². The summed E-state index contributed by atoms with van der Waals surface area (Å²) in [4.78, 5) is 28.6. The van der Waals surface area contributed by atoms with Crippen LogP contribution in [0.25, 0.3) is 0 Å². The number of benzene rings is 1. The molecule has 0 aliphatic rings. The number of hydrogen-bond donors (Lipinski definition) is 1. The fourth-order valence-corrected chi connectivity index (χ4v) is 4.99. The fourth-order valence-electron chi connectivity index (χ4n) is 3.42. The third-order valence-electron chi connectivity index (χ3n) is 5.12. The van der Waals surface area contributed by atoms with Crippen molar-refractivity contribution in [2.75, 3.05) is 26.9 Å². The minimum atomic E-state index is -3.96. The molecule has 0 bridgehead atoms. The molecule has 1 aromatic carbocycles. The molecule has 0 aliphatic heterocycles. The Morgan fingerprint density at radius 1 is 1.13 bits per heavy atom. The molecule has 0 unspecified atom stereocenters. The SMILES string of the molecule is CCOC(=O)c1[nH]c(C)c(C(=O)[C@@H](C)N(CCOC)S(=O)(=O)c2ccc(C)cc2)c1C. The molecule has 9 heteroatoms. The van der Waals surface area contributed by atoms with Gasteiger partial charge in [-0.2, -0.15) is 4.31 Å². The van der Waals surface area contributed by atoms with Gasteiger partial charge < -0.3 is 14.5 Å². The van der Waals surface area contributed by atoms with E-state index in [1.165, 1.54) is 19.2 Å². The molecule has 1 N–H and O–H groups in total. The van der Waals surface area contributed by atoms with Gasteiger partial charge in [0, 0.05) is 24.9 Å². The second-order valence-electron chi connectivity index (χ2n) is 7.31. The van der Waals surface area contributed by atoms with Crippen LogP contribution in [0.3, 0.4) is 0 Å². The summed E-state index contributed by atoms with van der Waals surface area (Å²) in [5, 5.41) is 0. The molecular weight excluding hydrogens is 420 g/mol. The van der Waals surface area contributed by atoms with Crippen molar-refractivity contribution in [3.05, 3.63) is 52.3 Å². The first-order chi connectivity index (χ1) is 14.6. The largest absolute Gasteiger partial charge is 0.461 e. The minimum Gasteiger partial charge on any atom is -0.461 e. The van der Waals surface area contributed by atoms with Gasteiger partial charge >= 0.3 is 5.97 Å². The van der Waals surface area contributed by atoms with Gasteiger partial charge in [-0.15, -0.1) is 0 Å². The number of methoxy groups -OCH3 is 1. The highest BCUT2D eigenvalue weighted by molar-refractivity contribution is 7.89. The molecule has 0 aliphatic carbocycles. The molecule has 1 aromatic heterocycles. The molecule has 0 fully saturated rings. The van der Waals surface area contributed by atoms with E-state index < -0.39 is 27.8 Å². The van der Waals surface area contributed by atoms with Gasteiger partial charge in [0.25, 0.3) is 0 Å². The monoisotopic (exact) mass is 450 g/mol. The molecule has 8 nitrogen and oxygen atoms in total. The lowest BCUT2D eigenvalue weighted by molar-refractivity contribution is 0.0519. The van der Waals surface area contributed by atoms with E-state index in [-0.39, 0.29) is 35.9 Å². The Bertz CT molecular complexity index is 1040. The van der Waals surface area contributed by atoms with Gasteiger partial charge in [0.1, 0.15) is 5.69 Å². The van der Waals surface area contributed by atoms with E-state index in [1.54, 1.807) is 39.8 Å². The Balaban J connectivity index is 2.46. The molecular formula is C22H30N2O6S. The fraction of sp³-hybridized carbons (Fsp3) is 0.455. The van der Waals surface area contributed by atoms with Crippen LogP contribution in [-0.4, -0.2) is 62.4 Å². The Labute approximate surface area is 183 Å². The number of Topliss-reactive ketones (excluding diaryl/α,β-unsaturated/α-hetero) is 1. The molecule has 31 heavy (non-hydrogen) atoms. The third kappa shape index (κ3) is 5.23. The van der Waals surface area contributed by atoms with Gasteiger partial charge in [-0.05, 0) is 52.3 Å². The quantitative estimate of drug-likeness (QED) is 0.441. The number of sulfonamides is 1. The van der Waals surface area contributed by atoms with Crippen molar-refractivity contribution >= 4 is 21.8 Å². The van der Waals surface area contributed by atoms with Crippen molar-refractivity contribution in [3.8, 4) is 0 Å². The van der Waals surface area contributed by atoms with Crippen molar-refractivity contribution < 1.29 is 27.5 Å². The Morgan fingerprint density at radius 2 is 1.74 bits per heavy atom. The number of aromatic amines is 1.